The van der Waals surface area contributed by atoms with Crippen molar-refractivity contribution in [1.29, 1.82) is 0 Å². The zero-order valence-electron chi connectivity index (χ0n) is 13.8. The van der Waals surface area contributed by atoms with Gasteiger partial charge in [0.15, 0.2) is 0 Å². The number of rotatable bonds is 1. The van der Waals surface area contributed by atoms with Crippen molar-refractivity contribution in [3.8, 4) is 0 Å². The summed E-state index contributed by atoms with van der Waals surface area (Å²) in [6, 6.07) is 4.09. The highest BCUT2D eigenvalue weighted by atomic mass is 16.2. The average molecular weight is 312 g/mol. The largest absolute Gasteiger partial charge is 0.338 e. The molecule has 0 aromatic heterocycles. The highest BCUT2D eigenvalue weighted by Gasteiger charge is 2.31. The van der Waals surface area contributed by atoms with Gasteiger partial charge in [-0.15, -0.1) is 0 Å². The summed E-state index contributed by atoms with van der Waals surface area (Å²) in [4.78, 5) is 29.0. The molecule has 3 aliphatic heterocycles. The van der Waals surface area contributed by atoms with Gasteiger partial charge in [-0.05, 0) is 61.3 Å². The van der Waals surface area contributed by atoms with E-state index in [4.69, 9.17) is 0 Å². The second kappa shape index (κ2) is 5.66. The van der Waals surface area contributed by atoms with Crippen molar-refractivity contribution in [1.82, 2.24) is 4.90 Å². The molecule has 0 spiro atoms. The normalized spacial score (nSPS) is 23.7. The zero-order chi connectivity index (χ0) is 16.0. The van der Waals surface area contributed by atoms with E-state index in [1.807, 2.05) is 21.9 Å². The number of carbonyl (C=O) groups is 2. The van der Waals surface area contributed by atoms with E-state index in [0.29, 0.717) is 12.3 Å². The summed E-state index contributed by atoms with van der Waals surface area (Å²) in [5, 5.41) is 0. The van der Waals surface area contributed by atoms with Crippen LogP contribution in [-0.4, -0.2) is 36.3 Å². The Morgan fingerprint density at radius 1 is 1.09 bits per heavy atom. The number of carbonyl (C=O) groups excluding carboxylic acids is 2. The lowest BCUT2D eigenvalue weighted by Gasteiger charge is -2.36. The minimum absolute atomic E-state index is 0.171. The number of nitrogens with zero attached hydrogens (tertiary/aromatic N) is 2. The van der Waals surface area contributed by atoms with Crippen molar-refractivity contribution in [3.63, 3.8) is 0 Å². The average Bonchev–Trinajstić information content (AvgIpc) is 2.57. The molecular weight excluding hydrogens is 288 g/mol. The van der Waals surface area contributed by atoms with E-state index in [9.17, 15) is 9.59 Å². The number of piperidine rings is 1. The van der Waals surface area contributed by atoms with Crippen molar-refractivity contribution in [2.24, 2.45) is 5.92 Å². The van der Waals surface area contributed by atoms with Gasteiger partial charge in [0, 0.05) is 31.6 Å². The number of hydrogen-bond donors (Lipinski definition) is 0. The number of hydrogen-bond acceptors (Lipinski definition) is 2. The molecule has 1 saturated heterocycles. The van der Waals surface area contributed by atoms with Crippen LogP contribution in [0.4, 0.5) is 5.69 Å². The van der Waals surface area contributed by atoms with E-state index in [1.54, 1.807) is 0 Å². The molecule has 0 N–H and O–H groups in total. The fourth-order valence-electron chi connectivity index (χ4n) is 4.33. The van der Waals surface area contributed by atoms with Crippen LogP contribution >= 0.6 is 0 Å². The Labute approximate surface area is 137 Å². The van der Waals surface area contributed by atoms with Crippen molar-refractivity contribution >= 4 is 17.5 Å². The van der Waals surface area contributed by atoms with Gasteiger partial charge in [-0.1, -0.05) is 6.92 Å². The van der Waals surface area contributed by atoms with Gasteiger partial charge in [-0.2, -0.15) is 0 Å². The zero-order valence-corrected chi connectivity index (χ0v) is 13.8. The Balaban J connectivity index is 1.68. The molecule has 0 radical (unpaired) electrons. The molecule has 1 fully saturated rings. The summed E-state index contributed by atoms with van der Waals surface area (Å²) in [6.07, 6.45) is 5.64. The summed E-state index contributed by atoms with van der Waals surface area (Å²) in [7, 11) is 0. The van der Waals surface area contributed by atoms with Gasteiger partial charge >= 0.3 is 0 Å². The van der Waals surface area contributed by atoms with Gasteiger partial charge in [-0.25, -0.2) is 0 Å². The number of likely N-dealkylation sites (tertiary alicyclic amines) is 1. The van der Waals surface area contributed by atoms with E-state index in [1.165, 1.54) is 17.5 Å². The van der Waals surface area contributed by atoms with Crippen LogP contribution in [0.2, 0.25) is 0 Å². The topological polar surface area (TPSA) is 40.6 Å². The first kappa shape index (κ1) is 14.7. The maximum absolute atomic E-state index is 12.9. The lowest BCUT2D eigenvalue weighted by atomic mass is 9.89. The molecule has 3 heterocycles. The molecular formula is C19H24N2O2. The molecule has 3 aliphatic rings. The Morgan fingerprint density at radius 2 is 1.87 bits per heavy atom. The summed E-state index contributed by atoms with van der Waals surface area (Å²) in [5.41, 5.74) is 4.31. The van der Waals surface area contributed by atoms with E-state index >= 15 is 0 Å². The standard InChI is InChI=1S/C19H24N2O2/c1-13-4-2-8-20(12-13)19(23)16-10-14-5-3-9-21-17(22)7-6-15(11-16)18(14)21/h10-11,13H,2-9,12H2,1H3. The van der Waals surface area contributed by atoms with Crippen LogP contribution in [0.25, 0.3) is 0 Å². The molecule has 0 bridgehead atoms. The van der Waals surface area contributed by atoms with Crippen LogP contribution in [0, 0.1) is 5.92 Å². The van der Waals surface area contributed by atoms with Crippen LogP contribution in [0.5, 0.6) is 0 Å². The van der Waals surface area contributed by atoms with Crippen molar-refractivity contribution in [2.75, 3.05) is 24.5 Å². The summed E-state index contributed by atoms with van der Waals surface area (Å²) in [6.45, 7) is 4.80. The first-order chi connectivity index (χ1) is 11.1. The Bertz CT molecular complexity index is 650. The second-order valence-corrected chi connectivity index (χ2v) is 7.29. The molecule has 1 unspecified atom stereocenters. The quantitative estimate of drug-likeness (QED) is 0.800. The SMILES string of the molecule is CC1CCCN(C(=O)c2cc3c4c(c2)CCC(=O)N4CCC3)C1. The van der Waals surface area contributed by atoms with Gasteiger partial charge in [0.2, 0.25) is 5.91 Å². The Morgan fingerprint density at radius 3 is 2.65 bits per heavy atom. The van der Waals surface area contributed by atoms with Gasteiger partial charge < -0.3 is 9.80 Å². The van der Waals surface area contributed by atoms with E-state index < -0.39 is 0 Å². The van der Waals surface area contributed by atoms with E-state index in [0.717, 1.165) is 56.6 Å². The van der Waals surface area contributed by atoms with Crippen LogP contribution in [0.3, 0.4) is 0 Å². The third kappa shape index (κ3) is 2.54. The Hall–Kier alpha value is -1.84. The number of amides is 2. The third-order valence-corrected chi connectivity index (χ3v) is 5.47. The summed E-state index contributed by atoms with van der Waals surface area (Å²) < 4.78 is 0. The lowest BCUT2D eigenvalue weighted by molar-refractivity contribution is -0.119. The lowest BCUT2D eigenvalue weighted by Crippen LogP contribution is -2.41. The van der Waals surface area contributed by atoms with Gasteiger partial charge in [0.05, 0.1) is 5.69 Å². The van der Waals surface area contributed by atoms with Crippen LogP contribution in [0.1, 0.15) is 54.1 Å². The molecule has 4 heteroatoms. The molecule has 4 rings (SSSR count). The van der Waals surface area contributed by atoms with Gasteiger partial charge in [-0.3, -0.25) is 9.59 Å². The predicted molar refractivity (Wildman–Crippen MR) is 89.7 cm³/mol. The molecule has 1 atom stereocenters. The minimum atomic E-state index is 0.171. The first-order valence-electron chi connectivity index (χ1n) is 8.89. The molecule has 1 aromatic carbocycles. The molecule has 0 saturated carbocycles. The summed E-state index contributed by atoms with van der Waals surface area (Å²) >= 11 is 0. The van der Waals surface area contributed by atoms with E-state index in [-0.39, 0.29) is 11.8 Å². The molecule has 23 heavy (non-hydrogen) atoms. The monoisotopic (exact) mass is 312 g/mol. The predicted octanol–water partition coefficient (Wildman–Crippen LogP) is 2.78. The van der Waals surface area contributed by atoms with Crippen LogP contribution in [0.15, 0.2) is 12.1 Å². The fraction of sp³-hybridized carbons (Fsp3) is 0.579. The maximum atomic E-state index is 12.9. The molecule has 4 nitrogen and oxygen atoms in total. The molecule has 0 aliphatic carbocycles. The molecule has 1 aromatic rings. The highest BCUT2D eigenvalue weighted by molar-refractivity contribution is 6.00. The van der Waals surface area contributed by atoms with Crippen LogP contribution in [-0.2, 0) is 17.6 Å². The number of aryl methyl sites for hydroxylation is 2. The minimum Gasteiger partial charge on any atom is -0.338 e. The smallest absolute Gasteiger partial charge is 0.253 e. The molecule has 122 valence electrons. The summed E-state index contributed by atoms with van der Waals surface area (Å²) in [5.74, 6) is 1.00. The van der Waals surface area contributed by atoms with Crippen LogP contribution < -0.4 is 4.90 Å². The van der Waals surface area contributed by atoms with Crippen molar-refractivity contribution in [2.45, 2.75) is 45.4 Å². The van der Waals surface area contributed by atoms with Crippen molar-refractivity contribution in [3.05, 3.63) is 28.8 Å². The third-order valence-electron chi connectivity index (χ3n) is 5.47. The van der Waals surface area contributed by atoms with Gasteiger partial charge in [0.25, 0.3) is 5.91 Å². The Kier molecular flexibility index (Phi) is 3.63. The highest BCUT2D eigenvalue weighted by Crippen LogP contribution is 2.37. The van der Waals surface area contributed by atoms with Crippen molar-refractivity contribution < 1.29 is 9.59 Å². The van der Waals surface area contributed by atoms with Gasteiger partial charge in [0.1, 0.15) is 0 Å². The number of anilines is 1. The molecule has 2 amide bonds. The number of benzene rings is 1. The maximum Gasteiger partial charge on any atom is 0.253 e. The second-order valence-electron chi connectivity index (χ2n) is 7.29. The van der Waals surface area contributed by atoms with E-state index in [2.05, 4.69) is 6.92 Å². The fourth-order valence-corrected chi connectivity index (χ4v) is 4.33. The first-order valence-corrected chi connectivity index (χ1v) is 8.89.